The molecule has 31 heavy (non-hydrogen) atoms. The molecular formula is C27H36N2O2. The summed E-state index contributed by atoms with van der Waals surface area (Å²) >= 11 is 0. The summed E-state index contributed by atoms with van der Waals surface area (Å²) in [6, 6.07) is 21.6. The third-order valence-corrected chi connectivity index (χ3v) is 6.98. The van der Waals surface area contributed by atoms with Crippen LogP contribution in [0.3, 0.4) is 0 Å². The zero-order chi connectivity index (χ0) is 21.9. The predicted octanol–water partition coefficient (Wildman–Crippen LogP) is 5.69. The summed E-state index contributed by atoms with van der Waals surface area (Å²) in [5.74, 6) is 0.355. The number of carbonyl (C=O) groups excluding carboxylic acids is 1. The molecule has 2 aliphatic rings. The number of rotatable bonds is 3. The van der Waals surface area contributed by atoms with Gasteiger partial charge in [-0.1, -0.05) is 60.7 Å². The average molecular weight is 421 g/mol. The van der Waals surface area contributed by atoms with E-state index in [0.29, 0.717) is 5.92 Å². The molecule has 0 N–H and O–H groups in total. The van der Waals surface area contributed by atoms with E-state index < -0.39 is 5.60 Å². The number of hydrogen-bond donors (Lipinski definition) is 0. The highest BCUT2D eigenvalue weighted by Gasteiger charge is 2.46. The first-order valence-electron chi connectivity index (χ1n) is 11.6. The Morgan fingerprint density at radius 1 is 0.935 bits per heavy atom. The molecule has 2 heterocycles. The zero-order valence-corrected chi connectivity index (χ0v) is 19.2. The molecule has 0 saturated carbocycles. The summed E-state index contributed by atoms with van der Waals surface area (Å²) in [6.45, 7) is 10.6. The van der Waals surface area contributed by atoms with Crippen molar-refractivity contribution < 1.29 is 9.53 Å². The highest BCUT2D eigenvalue weighted by molar-refractivity contribution is 5.68. The maximum absolute atomic E-state index is 12.8. The quantitative estimate of drug-likeness (QED) is 0.639. The van der Waals surface area contributed by atoms with Crippen LogP contribution in [-0.2, 0) is 11.3 Å². The van der Waals surface area contributed by atoms with Crippen LogP contribution in [-0.4, -0.2) is 47.7 Å². The van der Waals surface area contributed by atoms with Gasteiger partial charge >= 0.3 is 6.09 Å². The van der Waals surface area contributed by atoms with Crippen molar-refractivity contribution in [1.82, 2.24) is 9.80 Å². The van der Waals surface area contributed by atoms with Gasteiger partial charge in [0.15, 0.2) is 0 Å². The van der Waals surface area contributed by atoms with Gasteiger partial charge in [-0.25, -0.2) is 4.79 Å². The summed E-state index contributed by atoms with van der Waals surface area (Å²) in [5, 5.41) is 0. The molecule has 0 aromatic heterocycles. The van der Waals surface area contributed by atoms with Gasteiger partial charge in [-0.15, -0.1) is 0 Å². The summed E-state index contributed by atoms with van der Waals surface area (Å²) in [6.07, 6.45) is 3.23. The van der Waals surface area contributed by atoms with Gasteiger partial charge in [-0.2, -0.15) is 0 Å². The second-order valence-electron chi connectivity index (χ2n) is 10.3. The third-order valence-electron chi connectivity index (χ3n) is 6.98. The van der Waals surface area contributed by atoms with E-state index in [9.17, 15) is 4.79 Å². The van der Waals surface area contributed by atoms with Crippen LogP contribution in [0, 0.1) is 5.41 Å². The standard InChI is InChI=1S/C27H36N2O2/c1-26(2,3)31-25(30)29-19-16-27(24(21-29)23-12-8-5-9-13-23)14-17-28(18-15-27)20-22-10-6-4-7-11-22/h4-13,24H,14-21H2,1-3H3. The van der Waals surface area contributed by atoms with Crippen LogP contribution in [0.15, 0.2) is 60.7 Å². The van der Waals surface area contributed by atoms with Crippen LogP contribution in [0.25, 0.3) is 0 Å². The van der Waals surface area contributed by atoms with Crippen LogP contribution in [0.1, 0.15) is 57.1 Å². The molecule has 2 saturated heterocycles. The molecular weight excluding hydrogens is 384 g/mol. The van der Waals surface area contributed by atoms with Gasteiger partial charge in [0.1, 0.15) is 5.60 Å². The molecule has 1 spiro atoms. The number of ether oxygens (including phenoxy) is 1. The van der Waals surface area contributed by atoms with E-state index >= 15 is 0 Å². The van der Waals surface area contributed by atoms with E-state index in [1.165, 1.54) is 24.0 Å². The van der Waals surface area contributed by atoms with Crippen LogP contribution >= 0.6 is 0 Å². The number of nitrogens with zero attached hydrogens (tertiary/aromatic N) is 2. The number of piperidine rings is 2. The first kappa shape index (κ1) is 21.9. The Balaban J connectivity index is 1.48. The Kier molecular flexibility index (Phi) is 6.38. The number of benzene rings is 2. The zero-order valence-electron chi connectivity index (χ0n) is 19.2. The van der Waals surface area contributed by atoms with Crippen molar-refractivity contribution in [1.29, 1.82) is 0 Å². The molecule has 1 atom stereocenters. The van der Waals surface area contributed by atoms with Crippen LogP contribution in [0.2, 0.25) is 0 Å². The smallest absolute Gasteiger partial charge is 0.410 e. The molecule has 2 fully saturated rings. The van der Waals surface area contributed by atoms with Crippen molar-refractivity contribution in [3.8, 4) is 0 Å². The lowest BCUT2D eigenvalue weighted by Gasteiger charge is -2.52. The summed E-state index contributed by atoms with van der Waals surface area (Å²) in [7, 11) is 0. The van der Waals surface area contributed by atoms with E-state index in [2.05, 4.69) is 65.6 Å². The summed E-state index contributed by atoms with van der Waals surface area (Å²) < 4.78 is 5.70. The van der Waals surface area contributed by atoms with Gasteiger partial charge in [-0.05, 0) is 69.7 Å². The topological polar surface area (TPSA) is 32.8 Å². The Morgan fingerprint density at radius 3 is 2.13 bits per heavy atom. The minimum atomic E-state index is -0.461. The Labute approximate surface area is 187 Å². The van der Waals surface area contributed by atoms with E-state index in [0.717, 1.165) is 39.1 Å². The molecule has 2 aromatic carbocycles. The summed E-state index contributed by atoms with van der Waals surface area (Å²) in [5.41, 5.74) is 2.54. The maximum atomic E-state index is 12.8. The van der Waals surface area contributed by atoms with Gasteiger partial charge in [0.05, 0.1) is 0 Å². The van der Waals surface area contributed by atoms with E-state index in [-0.39, 0.29) is 11.5 Å². The first-order chi connectivity index (χ1) is 14.8. The monoisotopic (exact) mass is 420 g/mol. The largest absolute Gasteiger partial charge is 0.444 e. The Bertz CT molecular complexity index is 852. The molecule has 1 unspecified atom stereocenters. The lowest BCUT2D eigenvalue weighted by atomic mass is 9.62. The molecule has 166 valence electrons. The van der Waals surface area contributed by atoms with Gasteiger partial charge in [-0.3, -0.25) is 4.90 Å². The van der Waals surface area contributed by atoms with Crippen molar-refractivity contribution in [3.05, 3.63) is 71.8 Å². The lowest BCUT2D eigenvalue weighted by Crippen LogP contribution is -2.53. The van der Waals surface area contributed by atoms with Crippen molar-refractivity contribution in [2.45, 2.75) is 58.1 Å². The number of carbonyl (C=O) groups is 1. The molecule has 4 nitrogen and oxygen atoms in total. The molecule has 2 aliphatic heterocycles. The minimum absolute atomic E-state index is 0.176. The number of amides is 1. The second kappa shape index (κ2) is 9.04. The first-order valence-corrected chi connectivity index (χ1v) is 11.6. The highest BCUT2D eigenvalue weighted by Crippen LogP contribution is 2.50. The van der Waals surface area contributed by atoms with E-state index in [1.807, 2.05) is 25.7 Å². The Hall–Kier alpha value is -2.33. The van der Waals surface area contributed by atoms with Crippen molar-refractivity contribution in [3.63, 3.8) is 0 Å². The lowest BCUT2D eigenvalue weighted by molar-refractivity contribution is -0.0140. The van der Waals surface area contributed by atoms with Crippen LogP contribution in [0.5, 0.6) is 0 Å². The SMILES string of the molecule is CC(C)(C)OC(=O)N1CCC2(CCN(Cc3ccccc3)CC2)C(c2ccccc2)C1. The van der Waals surface area contributed by atoms with E-state index in [1.54, 1.807) is 0 Å². The van der Waals surface area contributed by atoms with E-state index in [4.69, 9.17) is 4.74 Å². The van der Waals surface area contributed by atoms with Crippen LogP contribution in [0.4, 0.5) is 4.79 Å². The Morgan fingerprint density at radius 2 is 1.52 bits per heavy atom. The van der Waals surface area contributed by atoms with Crippen molar-refractivity contribution in [2.75, 3.05) is 26.2 Å². The predicted molar refractivity (Wildman–Crippen MR) is 125 cm³/mol. The average Bonchev–Trinajstić information content (AvgIpc) is 2.76. The fourth-order valence-corrected chi connectivity index (χ4v) is 5.27. The molecule has 4 rings (SSSR count). The van der Waals surface area contributed by atoms with Gasteiger partial charge < -0.3 is 9.64 Å². The molecule has 4 heteroatoms. The normalized spacial score (nSPS) is 21.8. The molecule has 0 bridgehead atoms. The highest BCUT2D eigenvalue weighted by atomic mass is 16.6. The fourth-order valence-electron chi connectivity index (χ4n) is 5.27. The fraction of sp³-hybridized carbons (Fsp3) is 0.519. The molecule has 0 radical (unpaired) electrons. The van der Waals surface area contributed by atoms with Crippen molar-refractivity contribution in [2.24, 2.45) is 5.41 Å². The number of likely N-dealkylation sites (tertiary alicyclic amines) is 2. The summed E-state index contributed by atoms with van der Waals surface area (Å²) in [4.78, 5) is 17.3. The molecule has 0 aliphatic carbocycles. The van der Waals surface area contributed by atoms with Crippen LogP contribution < -0.4 is 0 Å². The third kappa shape index (κ3) is 5.30. The second-order valence-corrected chi connectivity index (χ2v) is 10.3. The van der Waals surface area contributed by atoms with Gasteiger partial charge in [0.25, 0.3) is 0 Å². The van der Waals surface area contributed by atoms with Gasteiger partial charge in [0, 0.05) is 25.6 Å². The minimum Gasteiger partial charge on any atom is -0.444 e. The van der Waals surface area contributed by atoms with Gasteiger partial charge in [0.2, 0.25) is 0 Å². The molecule has 1 amide bonds. The molecule has 2 aromatic rings. The van der Waals surface area contributed by atoms with Crippen molar-refractivity contribution >= 4 is 6.09 Å². The number of hydrogen-bond acceptors (Lipinski definition) is 3. The maximum Gasteiger partial charge on any atom is 0.410 e.